The number of aromatic nitrogens is 2. The van der Waals surface area contributed by atoms with Crippen molar-refractivity contribution in [1.82, 2.24) is 15.0 Å². The molecule has 0 saturated carbocycles. The molecule has 22 heavy (non-hydrogen) atoms. The number of amides is 1. The van der Waals surface area contributed by atoms with Crippen LogP contribution >= 0.6 is 11.8 Å². The molecule has 1 N–H and O–H groups in total. The molecule has 1 heterocycles. The van der Waals surface area contributed by atoms with Crippen LogP contribution in [-0.2, 0) is 11.4 Å². The first kappa shape index (κ1) is 16.6. The van der Waals surface area contributed by atoms with Gasteiger partial charge in [-0.2, -0.15) is 0 Å². The zero-order valence-electron chi connectivity index (χ0n) is 13.3. The Morgan fingerprint density at radius 2 is 2.05 bits per heavy atom. The molecular formula is C16H21N3O2S. The van der Waals surface area contributed by atoms with Crippen LogP contribution in [0.3, 0.4) is 0 Å². The fourth-order valence-electron chi connectivity index (χ4n) is 2.31. The number of benzene rings is 1. The van der Waals surface area contributed by atoms with Gasteiger partial charge >= 0.3 is 0 Å². The maximum Gasteiger partial charge on any atom is 0.295 e. The van der Waals surface area contributed by atoms with Crippen molar-refractivity contribution in [2.75, 3.05) is 13.4 Å². The Kier molecular flexibility index (Phi) is 5.63. The van der Waals surface area contributed by atoms with Crippen molar-refractivity contribution in [3.05, 3.63) is 36.0 Å². The summed E-state index contributed by atoms with van der Waals surface area (Å²) in [6.45, 7) is 5.09. The van der Waals surface area contributed by atoms with E-state index in [0.717, 1.165) is 23.0 Å². The van der Waals surface area contributed by atoms with Gasteiger partial charge in [-0.3, -0.25) is 9.63 Å². The van der Waals surface area contributed by atoms with Gasteiger partial charge in [0.05, 0.1) is 12.8 Å². The molecule has 1 aromatic carbocycles. The third kappa shape index (κ3) is 3.51. The molecule has 6 heteroatoms. The number of carbonyl (C=O) groups is 1. The molecule has 0 unspecified atom stereocenters. The number of hydrogen-bond donors (Lipinski definition) is 1. The van der Waals surface area contributed by atoms with Crippen molar-refractivity contribution in [2.45, 2.75) is 25.5 Å². The van der Waals surface area contributed by atoms with Gasteiger partial charge < -0.3 is 4.57 Å². The van der Waals surface area contributed by atoms with Gasteiger partial charge in [0.2, 0.25) is 0 Å². The average molecular weight is 319 g/mol. The molecule has 1 aromatic heterocycles. The van der Waals surface area contributed by atoms with E-state index in [1.54, 1.807) is 0 Å². The van der Waals surface area contributed by atoms with E-state index in [-0.39, 0.29) is 5.91 Å². The molecule has 0 bridgehead atoms. The second kappa shape index (κ2) is 7.47. The van der Waals surface area contributed by atoms with E-state index in [1.807, 2.05) is 36.6 Å². The van der Waals surface area contributed by atoms with E-state index < -0.39 is 0 Å². The van der Waals surface area contributed by atoms with Crippen LogP contribution in [0.15, 0.2) is 35.5 Å². The number of hydrogen-bond acceptors (Lipinski definition) is 4. The number of nitrogens with one attached hydrogen (secondary N) is 1. The lowest BCUT2D eigenvalue weighted by Gasteiger charge is -2.14. The van der Waals surface area contributed by atoms with Crippen molar-refractivity contribution in [2.24, 2.45) is 5.92 Å². The van der Waals surface area contributed by atoms with Gasteiger partial charge in [-0.25, -0.2) is 10.5 Å². The predicted molar refractivity (Wildman–Crippen MR) is 88.8 cm³/mol. The molecular weight excluding hydrogens is 298 g/mol. The highest BCUT2D eigenvalue weighted by molar-refractivity contribution is 7.98. The van der Waals surface area contributed by atoms with Crippen molar-refractivity contribution in [1.29, 1.82) is 0 Å². The summed E-state index contributed by atoms with van der Waals surface area (Å²) in [6, 6.07) is 9.84. The molecule has 0 atom stereocenters. The van der Waals surface area contributed by atoms with Crippen LogP contribution in [0.2, 0.25) is 0 Å². The number of nitrogens with zero attached hydrogens (tertiary/aromatic N) is 2. The number of carbonyl (C=O) groups excluding carboxylic acids is 1. The Bertz CT molecular complexity index is 638. The topological polar surface area (TPSA) is 56.1 Å². The molecule has 0 saturated heterocycles. The van der Waals surface area contributed by atoms with Crippen LogP contribution in [0.25, 0.3) is 11.3 Å². The maximum atomic E-state index is 12.3. The second-order valence-electron chi connectivity index (χ2n) is 5.30. The molecule has 2 rings (SSSR count). The van der Waals surface area contributed by atoms with E-state index in [9.17, 15) is 4.79 Å². The van der Waals surface area contributed by atoms with Gasteiger partial charge in [-0.1, -0.05) is 55.9 Å². The number of hydroxylamine groups is 1. The van der Waals surface area contributed by atoms with Crippen LogP contribution in [0.4, 0.5) is 0 Å². The monoisotopic (exact) mass is 319 g/mol. The minimum atomic E-state index is -0.334. The minimum Gasteiger partial charge on any atom is -0.318 e. The number of thioether (sulfide) groups is 1. The maximum absolute atomic E-state index is 12.3. The van der Waals surface area contributed by atoms with Gasteiger partial charge in [0, 0.05) is 12.1 Å². The van der Waals surface area contributed by atoms with Crippen LogP contribution < -0.4 is 5.48 Å². The molecule has 5 nitrogen and oxygen atoms in total. The summed E-state index contributed by atoms with van der Waals surface area (Å²) in [4.78, 5) is 21.6. The summed E-state index contributed by atoms with van der Waals surface area (Å²) < 4.78 is 2.11. The molecule has 0 aliphatic carbocycles. The lowest BCUT2D eigenvalue weighted by molar-refractivity contribution is 0.0533. The fourth-order valence-corrected chi connectivity index (χ4v) is 2.88. The molecule has 1 amide bonds. The summed E-state index contributed by atoms with van der Waals surface area (Å²) in [5, 5.41) is 0.828. The van der Waals surface area contributed by atoms with Gasteiger partial charge in [0.25, 0.3) is 5.91 Å². The highest BCUT2D eigenvalue weighted by Crippen LogP contribution is 2.30. The third-order valence-electron chi connectivity index (χ3n) is 3.12. The highest BCUT2D eigenvalue weighted by Gasteiger charge is 2.23. The molecule has 2 aromatic rings. The fraction of sp³-hybridized carbons (Fsp3) is 0.375. The van der Waals surface area contributed by atoms with Crippen LogP contribution in [-0.4, -0.2) is 28.8 Å². The Labute approximate surface area is 135 Å². The Hall–Kier alpha value is -1.79. The molecule has 118 valence electrons. The van der Waals surface area contributed by atoms with E-state index in [2.05, 4.69) is 28.9 Å². The first-order valence-electron chi connectivity index (χ1n) is 7.11. The standard InChI is InChI=1S/C16H21N3O2S/c1-11(2)10-19-14(12-8-6-5-7-9-12)13(15(20)18-21-3)17-16(19)22-4/h5-9,11H,10H2,1-4H3,(H,18,20). The summed E-state index contributed by atoms with van der Waals surface area (Å²) in [5.41, 5.74) is 4.55. The second-order valence-corrected chi connectivity index (χ2v) is 6.07. The van der Waals surface area contributed by atoms with E-state index in [1.165, 1.54) is 18.9 Å². The van der Waals surface area contributed by atoms with E-state index >= 15 is 0 Å². The molecule has 0 aliphatic heterocycles. The molecule has 0 aliphatic rings. The van der Waals surface area contributed by atoms with Gasteiger partial charge in [-0.15, -0.1) is 0 Å². The first-order valence-corrected chi connectivity index (χ1v) is 8.34. The van der Waals surface area contributed by atoms with Gasteiger partial charge in [0.1, 0.15) is 0 Å². The minimum absolute atomic E-state index is 0.334. The summed E-state index contributed by atoms with van der Waals surface area (Å²) in [7, 11) is 1.42. The SMILES string of the molecule is CONC(=O)c1nc(SC)n(CC(C)C)c1-c1ccccc1. The third-order valence-corrected chi connectivity index (χ3v) is 3.80. The lowest BCUT2D eigenvalue weighted by atomic mass is 10.1. The predicted octanol–water partition coefficient (Wildman–Crippen LogP) is 3.22. The largest absolute Gasteiger partial charge is 0.318 e. The summed E-state index contributed by atoms with van der Waals surface area (Å²) >= 11 is 1.53. The molecule has 0 spiro atoms. The Balaban J connectivity index is 2.63. The van der Waals surface area contributed by atoms with Gasteiger partial charge in [0.15, 0.2) is 10.9 Å². The molecule has 0 fully saturated rings. The first-order chi connectivity index (χ1) is 10.6. The van der Waals surface area contributed by atoms with Gasteiger partial charge in [-0.05, 0) is 12.2 Å². The highest BCUT2D eigenvalue weighted by atomic mass is 32.2. The number of rotatable bonds is 6. The zero-order chi connectivity index (χ0) is 16.1. The molecule has 0 radical (unpaired) electrons. The average Bonchev–Trinajstić information content (AvgIpc) is 2.86. The van der Waals surface area contributed by atoms with Crippen molar-refractivity contribution < 1.29 is 9.63 Å². The van der Waals surface area contributed by atoms with Crippen molar-refractivity contribution in [3.63, 3.8) is 0 Å². The van der Waals surface area contributed by atoms with Crippen LogP contribution in [0.5, 0.6) is 0 Å². The summed E-state index contributed by atoms with van der Waals surface area (Å²) in [5.74, 6) is 0.111. The Morgan fingerprint density at radius 1 is 1.36 bits per heavy atom. The zero-order valence-corrected chi connectivity index (χ0v) is 14.1. The van der Waals surface area contributed by atoms with E-state index in [4.69, 9.17) is 4.84 Å². The smallest absolute Gasteiger partial charge is 0.295 e. The van der Waals surface area contributed by atoms with Crippen molar-refractivity contribution in [3.8, 4) is 11.3 Å². The van der Waals surface area contributed by atoms with Crippen molar-refractivity contribution >= 4 is 17.7 Å². The normalized spacial score (nSPS) is 11.0. The quantitative estimate of drug-likeness (QED) is 0.656. The van der Waals surface area contributed by atoms with Crippen LogP contribution in [0, 0.1) is 5.92 Å². The van der Waals surface area contributed by atoms with Crippen LogP contribution in [0.1, 0.15) is 24.3 Å². The summed E-state index contributed by atoms with van der Waals surface area (Å²) in [6.07, 6.45) is 1.96. The number of imidazole rings is 1. The van der Waals surface area contributed by atoms with E-state index in [0.29, 0.717) is 11.6 Å². The lowest BCUT2D eigenvalue weighted by Crippen LogP contribution is -2.23. The Morgan fingerprint density at radius 3 is 2.59 bits per heavy atom.